The van der Waals surface area contributed by atoms with E-state index in [-0.39, 0.29) is 10.1 Å². The van der Waals surface area contributed by atoms with Crippen molar-refractivity contribution in [3.8, 4) is 17.2 Å². The molecule has 1 aromatic carbocycles. The van der Waals surface area contributed by atoms with Gasteiger partial charge in [-0.2, -0.15) is 0 Å². The number of rotatable bonds is 5. The Hall–Kier alpha value is -2.55. The number of nitrogens with zero attached hydrogens (tertiary/aromatic N) is 2. The molecule has 1 heterocycles. The average Bonchev–Trinajstić information content (AvgIpc) is 2.92. The number of ether oxygens (including phenoxy) is 3. The van der Waals surface area contributed by atoms with E-state index >= 15 is 0 Å². The molecule has 112 valence electrons. The van der Waals surface area contributed by atoms with Crippen LogP contribution >= 0.6 is 11.3 Å². The molecule has 2 rings (SSSR count). The number of benzene rings is 1. The quantitative estimate of drug-likeness (QED) is 0.859. The zero-order chi connectivity index (χ0) is 15.4. The van der Waals surface area contributed by atoms with E-state index in [4.69, 9.17) is 19.9 Å². The number of nitrogens with one attached hydrogen (secondary N) is 1. The first kappa shape index (κ1) is 14.9. The third-order valence-electron chi connectivity index (χ3n) is 2.56. The molecule has 21 heavy (non-hydrogen) atoms. The predicted octanol–water partition coefficient (Wildman–Crippen LogP) is 1.40. The number of nitrogen functional groups attached to an aromatic ring is 1. The van der Waals surface area contributed by atoms with Crippen LogP contribution in [0.15, 0.2) is 12.1 Å². The van der Waals surface area contributed by atoms with E-state index in [1.54, 1.807) is 12.1 Å². The zero-order valence-corrected chi connectivity index (χ0v) is 12.5. The van der Waals surface area contributed by atoms with Crippen LogP contribution in [0.2, 0.25) is 0 Å². The van der Waals surface area contributed by atoms with Crippen LogP contribution in [-0.2, 0) is 0 Å². The molecular formula is C12H14N4O4S. The van der Waals surface area contributed by atoms with Gasteiger partial charge < -0.3 is 25.3 Å². The lowest BCUT2D eigenvalue weighted by Crippen LogP contribution is -2.12. The number of nitrogens with two attached hydrogens (primary N) is 1. The summed E-state index contributed by atoms with van der Waals surface area (Å²) < 4.78 is 15.6. The first-order valence-electron chi connectivity index (χ1n) is 5.79. The molecule has 1 aromatic heterocycles. The molecule has 0 bridgehead atoms. The van der Waals surface area contributed by atoms with Gasteiger partial charge in [-0.1, -0.05) is 11.3 Å². The van der Waals surface area contributed by atoms with Gasteiger partial charge in [-0.05, 0) is 0 Å². The van der Waals surface area contributed by atoms with Gasteiger partial charge in [0.1, 0.15) is 0 Å². The van der Waals surface area contributed by atoms with Crippen molar-refractivity contribution in [2.45, 2.75) is 0 Å². The van der Waals surface area contributed by atoms with E-state index in [1.807, 2.05) is 0 Å². The van der Waals surface area contributed by atoms with Crippen molar-refractivity contribution < 1.29 is 19.0 Å². The molecule has 1 amide bonds. The molecule has 0 radical (unpaired) electrons. The second kappa shape index (κ2) is 6.27. The Morgan fingerprint density at radius 2 is 1.76 bits per heavy atom. The fourth-order valence-electron chi connectivity index (χ4n) is 1.66. The van der Waals surface area contributed by atoms with Crippen molar-refractivity contribution in [1.82, 2.24) is 10.2 Å². The summed E-state index contributed by atoms with van der Waals surface area (Å²) in [5.74, 6) is 0.893. The van der Waals surface area contributed by atoms with Gasteiger partial charge in [-0.25, -0.2) is 0 Å². The number of hydrogen-bond donors (Lipinski definition) is 2. The Morgan fingerprint density at radius 3 is 2.19 bits per heavy atom. The second-order valence-corrected chi connectivity index (χ2v) is 4.82. The summed E-state index contributed by atoms with van der Waals surface area (Å²) in [6, 6.07) is 3.23. The van der Waals surface area contributed by atoms with E-state index in [2.05, 4.69) is 15.5 Å². The smallest absolute Gasteiger partial charge is 0.286 e. The normalized spacial score (nSPS) is 10.0. The van der Waals surface area contributed by atoms with Crippen molar-refractivity contribution >= 4 is 28.1 Å². The molecule has 0 aliphatic rings. The number of carbonyl (C=O) groups excluding carboxylic acids is 1. The van der Waals surface area contributed by atoms with Crippen molar-refractivity contribution in [3.05, 3.63) is 17.1 Å². The highest BCUT2D eigenvalue weighted by Crippen LogP contribution is 2.40. The molecule has 0 aliphatic carbocycles. The largest absolute Gasteiger partial charge is 0.493 e. The molecule has 0 aliphatic heterocycles. The van der Waals surface area contributed by atoms with E-state index in [0.29, 0.717) is 22.9 Å². The van der Waals surface area contributed by atoms with Gasteiger partial charge in [-0.3, -0.25) is 4.79 Å². The van der Waals surface area contributed by atoms with Crippen molar-refractivity contribution in [1.29, 1.82) is 0 Å². The minimum absolute atomic E-state index is 0.168. The lowest BCUT2D eigenvalue weighted by molar-refractivity contribution is 0.102. The summed E-state index contributed by atoms with van der Waals surface area (Å²) in [6.07, 6.45) is 0. The average molecular weight is 310 g/mol. The lowest BCUT2D eigenvalue weighted by Gasteiger charge is -2.14. The van der Waals surface area contributed by atoms with E-state index in [9.17, 15) is 4.79 Å². The zero-order valence-electron chi connectivity index (χ0n) is 11.7. The number of anilines is 2. The second-order valence-electron chi connectivity index (χ2n) is 3.81. The Morgan fingerprint density at radius 1 is 1.14 bits per heavy atom. The third kappa shape index (κ3) is 3.14. The summed E-state index contributed by atoms with van der Waals surface area (Å²) in [5, 5.41) is 10.3. The number of methoxy groups -OCH3 is 3. The summed E-state index contributed by atoms with van der Waals surface area (Å²) >= 11 is 0.999. The minimum atomic E-state index is -0.418. The Kier molecular flexibility index (Phi) is 4.43. The van der Waals surface area contributed by atoms with Crippen molar-refractivity contribution in [2.24, 2.45) is 0 Å². The van der Waals surface area contributed by atoms with Crippen LogP contribution in [0, 0.1) is 0 Å². The fraction of sp³-hybridized carbons (Fsp3) is 0.250. The monoisotopic (exact) mass is 310 g/mol. The first-order valence-corrected chi connectivity index (χ1v) is 6.61. The van der Waals surface area contributed by atoms with Crippen LogP contribution in [0.25, 0.3) is 0 Å². The standard InChI is InChI=1S/C12H14N4O4S/c1-18-7-4-6(5-8(19-2)9(7)20-3)14-10(17)11-15-16-12(13)21-11/h4-5H,1-3H3,(H2,13,16)(H,14,17). The Bertz CT molecular complexity index is 633. The maximum atomic E-state index is 12.0. The van der Waals surface area contributed by atoms with Crippen LogP contribution in [-0.4, -0.2) is 37.4 Å². The van der Waals surface area contributed by atoms with Crippen molar-refractivity contribution in [2.75, 3.05) is 32.4 Å². The lowest BCUT2D eigenvalue weighted by atomic mass is 10.2. The Balaban J connectivity index is 2.29. The van der Waals surface area contributed by atoms with E-state index in [0.717, 1.165) is 11.3 Å². The maximum Gasteiger partial charge on any atom is 0.286 e. The van der Waals surface area contributed by atoms with E-state index < -0.39 is 5.91 Å². The number of hydrogen-bond acceptors (Lipinski definition) is 8. The first-order chi connectivity index (χ1) is 10.1. The molecular weight excluding hydrogens is 296 g/mol. The predicted molar refractivity (Wildman–Crippen MR) is 78.4 cm³/mol. The van der Waals surface area contributed by atoms with Gasteiger partial charge in [-0.15, -0.1) is 10.2 Å². The van der Waals surface area contributed by atoms with Gasteiger partial charge in [0.25, 0.3) is 5.91 Å². The SMILES string of the molecule is COc1cc(NC(=O)c2nnc(N)s2)cc(OC)c1OC. The molecule has 0 unspecified atom stereocenters. The van der Waals surface area contributed by atoms with Gasteiger partial charge in [0.15, 0.2) is 11.5 Å². The molecule has 2 aromatic rings. The molecule has 0 saturated heterocycles. The van der Waals surface area contributed by atoms with Crippen LogP contribution in [0.3, 0.4) is 0 Å². The highest BCUT2D eigenvalue weighted by atomic mass is 32.1. The number of amides is 1. The highest BCUT2D eigenvalue weighted by Gasteiger charge is 2.16. The topological polar surface area (TPSA) is 109 Å². The van der Waals surface area contributed by atoms with E-state index in [1.165, 1.54) is 21.3 Å². The summed E-state index contributed by atoms with van der Waals surface area (Å²) in [7, 11) is 4.49. The summed E-state index contributed by atoms with van der Waals surface area (Å²) in [4.78, 5) is 12.0. The van der Waals surface area contributed by atoms with Crippen LogP contribution < -0.4 is 25.3 Å². The highest BCUT2D eigenvalue weighted by molar-refractivity contribution is 7.16. The van der Waals surface area contributed by atoms with Gasteiger partial charge in [0.05, 0.1) is 21.3 Å². The van der Waals surface area contributed by atoms with Crippen LogP contribution in [0.4, 0.5) is 10.8 Å². The van der Waals surface area contributed by atoms with Gasteiger partial charge >= 0.3 is 0 Å². The third-order valence-corrected chi connectivity index (χ3v) is 3.31. The number of aromatic nitrogens is 2. The molecule has 3 N–H and O–H groups in total. The molecule has 0 spiro atoms. The maximum absolute atomic E-state index is 12.0. The van der Waals surface area contributed by atoms with Crippen LogP contribution in [0.1, 0.15) is 9.80 Å². The minimum Gasteiger partial charge on any atom is -0.493 e. The molecule has 0 atom stereocenters. The summed E-state index contributed by atoms with van der Waals surface area (Å²) in [5.41, 5.74) is 5.92. The van der Waals surface area contributed by atoms with Crippen molar-refractivity contribution in [3.63, 3.8) is 0 Å². The molecule has 0 fully saturated rings. The fourth-order valence-corrected chi connectivity index (χ4v) is 2.17. The van der Waals surface area contributed by atoms with Gasteiger partial charge in [0.2, 0.25) is 15.9 Å². The molecule has 0 saturated carbocycles. The van der Waals surface area contributed by atoms with Gasteiger partial charge in [0, 0.05) is 17.8 Å². The van der Waals surface area contributed by atoms with Crippen LogP contribution in [0.5, 0.6) is 17.2 Å². The number of carbonyl (C=O) groups is 1. The Labute approximate surface area is 124 Å². The summed E-state index contributed by atoms with van der Waals surface area (Å²) in [6.45, 7) is 0. The molecule has 8 nitrogen and oxygen atoms in total. The molecule has 9 heteroatoms.